The van der Waals surface area contributed by atoms with Gasteiger partial charge in [0.25, 0.3) is 5.91 Å². The third-order valence-electron chi connectivity index (χ3n) is 5.87. The van der Waals surface area contributed by atoms with Gasteiger partial charge in [0.15, 0.2) is 5.78 Å². The molecule has 1 amide bonds. The minimum absolute atomic E-state index is 0.00394. The van der Waals surface area contributed by atoms with Gasteiger partial charge in [-0.05, 0) is 56.2 Å². The third-order valence-corrected chi connectivity index (χ3v) is 5.87. The van der Waals surface area contributed by atoms with Gasteiger partial charge in [0.05, 0.1) is 18.6 Å². The number of piperidine rings is 1. The van der Waals surface area contributed by atoms with E-state index in [4.69, 9.17) is 9.47 Å². The Balaban J connectivity index is 1.49. The molecule has 0 N–H and O–H groups in total. The Bertz CT molecular complexity index is 957. The summed E-state index contributed by atoms with van der Waals surface area (Å²) >= 11 is 0. The van der Waals surface area contributed by atoms with Crippen LogP contribution >= 0.6 is 0 Å². The van der Waals surface area contributed by atoms with Crippen molar-refractivity contribution in [3.8, 4) is 11.5 Å². The number of amides is 1. The second-order valence-corrected chi connectivity index (χ2v) is 8.10. The Morgan fingerprint density at radius 1 is 1.17 bits per heavy atom. The van der Waals surface area contributed by atoms with Crippen molar-refractivity contribution in [2.24, 2.45) is 0 Å². The number of rotatable bonds is 3. The number of hydrogen-bond donors (Lipinski definition) is 0. The predicted molar refractivity (Wildman–Crippen MR) is 111 cm³/mol. The number of carbonyl (C=O) groups excluding carboxylic acids is 2. The fourth-order valence-electron chi connectivity index (χ4n) is 4.40. The van der Waals surface area contributed by atoms with E-state index in [0.717, 1.165) is 16.9 Å². The monoisotopic (exact) mass is 393 g/mol. The van der Waals surface area contributed by atoms with Gasteiger partial charge in [-0.15, -0.1) is 0 Å². The zero-order valence-electron chi connectivity index (χ0n) is 17.3. The molecule has 0 radical (unpaired) electrons. The van der Waals surface area contributed by atoms with E-state index in [9.17, 15) is 9.59 Å². The summed E-state index contributed by atoms with van der Waals surface area (Å²) in [5, 5.41) is 0. The van der Waals surface area contributed by atoms with Crippen LogP contribution in [0.2, 0.25) is 0 Å². The first-order chi connectivity index (χ1) is 13.9. The van der Waals surface area contributed by atoms with Crippen LogP contribution in [0.25, 0.3) is 0 Å². The second-order valence-electron chi connectivity index (χ2n) is 8.10. The zero-order chi connectivity index (χ0) is 20.6. The number of fused-ring (bicyclic) bond motifs is 1. The minimum Gasteiger partial charge on any atom is -0.494 e. The van der Waals surface area contributed by atoms with Crippen molar-refractivity contribution in [1.82, 2.24) is 4.90 Å². The van der Waals surface area contributed by atoms with Crippen LogP contribution in [0.5, 0.6) is 11.5 Å². The molecule has 0 saturated carbocycles. The lowest BCUT2D eigenvalue weighted by Crippen LogP contribution is -2.52. The van der Waals surface area contributed by atoms with Gasteiger partial charge in [-0.2, -0.15) is 0 Å². The van der Waals surface area contributed by atoms with Crippen molar-refractivity contribution in [2.75, 3.05) is 19.7 Å². The molecule has 2 aliphatic rings. The Morgan fingerprint density at radius 2 is 1.93 bits per heavy atom. The number of nitrogens with zero attached hydrogens (tertiary/aromatic N) is 1. The smallest absolute Gasteiger partial charge is 0.253 e. The van der Waals surface area contributed by atoms with Crippen LogP contribution in [0.1, 0.15) is 58.0 Å². The molecule has 152 valence electrons. The van der Waals surface area contributed by atoms with Crippen LogP contribution < -0.4 is 9.47 Å². The van der Waals surface area contributed by atoms with Crippen molar-refractivity contribution in [3.05, 3.63) is 58.7 Å². The SMILES string of the molecule is CCOc1cccc(C(=O)N2CCC3(CC2)CC(=O)c2cc(C)cc(C)c2O3)c1. The minimum atomic E-state index is -0.506. The molecule has 0 aromatic heterocycles. The second kappa shape index (κ2) is 7.54. The summed E-state index contributed by atoms with van der Waals surface area (Å²) in [4.78, 5) is 27.6. The third kappa shape index (κ3) is 3.74. The molecule has 0 aliphatic carbocycles. The van der Waals surface area contributed by atoms with Gasteiger partial charge in [-0.25, -0.2) is 0 Å². The van der Waals surface area contributed by atoms with Gasteiger partial charge in [-0.3, -0.25) is 9.59 Å². The van der Waals surface area contributed by atoms with Crippen LogP contribution in [-0.4, -0.2) is 41.9 Å². The molecule has 4 rings (SSSR count). The molecule has 1 saturated heterocycles. The van der Waals surface area contributed by atoms with E-state index in [1.54, 1.807) is 6.07 Å². The molecule has 2 aliphatic heterocycles. The maximum atomic E-state index is 12.9. The van der Waals surface area contributed by atoms with E-state index < -0.39 is 5.60 Å². The maximum Gasteiger partial charge on any atom is 0.253 e. The Hall–Kier alpha value is -2.82. The van der Waals surface area contributed by atoms with Gasteiger partial charge in [0.1, 0.15) is 17.1 Å². The van der Waals surface area contributed by atoms with Gasteiger partial charge >= 0.3 is 0 Å². The van der Waals surface area contributed by atoms with Crippen LogP contribution in [0.4, 0.5) is 0 Å². The van der Waals surface area contributed by atoms with Crippen LogP contribution in [0.15, 0.2) is 36.4 Å². The fraction of sp³-hybridized carbons (Fsp3) is 0.417. The number of carbonyl (C=O) groups is 2. The first kappa shape index (κ1) is 19.5. The predicted octanol–water partition coefficient (Wildman–Crippen LogP) is 4.34. The molecule has 0 unspecified atom stereocenters. The Kier molecular flexibility index (Phi) is 5.07. The van der Waals surface area contributed by atoms with E-state index >= 15 is 0 Å². The molecule has 1 fully saturated rings. The number of ether oxygens (including phenoxy) is 2. The van der Waals surface area contributed by atoms with Crippen molar-refractivity contribution in [3.63, 3.8) is 0 Å². The molecule has 0 atom stereocenters. The largest absolute Gasteiger partial charge is 0.494 e. The number of hydrogen-bond acceptors (Lipinski definition) is 4. The van der Waals surface area contributed by atoms with Crippen LogP contribution in [-0.2, 0) is 0 Å². The molecule has 5 nitrogen and oxygen atoms in total. The van der Waals surface area contributed by atoms with Gasteiger partial charge < -0.3 is 14.4 Å². The molecular weight excluding hydrogens is 366 g/mol. The van der Waals surface area contributed by atoms with Crippen molar-refractivity contribution < 1.29 is 19.1 Å². The highest BCUT2D eigenvalue weighted by atomic mass is 16.5. The van der Waals surface area contributed by atoms with Gasteiger partial charge in [0, 0.05) is 31.5 Å². The highest BCUT2D eigenvalue weighted by Crippen LogP contribution is 2.41. The standard InChI is InChI=1S/C24H27NO4/c1-4-28-19-7-5-6-18(14-19)23(27)25-10-8-24(9-11-25)15-21(26)20-13-16(2)12-17(3)22(20)29-24/h5-7,12-14H,4,8-11,15H2,1-3H3. The summed E-state index contributed by atoms with van der Waals surface area (Å²) in [6.07, 6.45) is 1.69. The van der Waals surface area contributed by atoms with E-state index in [0.29, 0.717) is 55.8 Å². The number of ketones is 1. The molecule has 2 heterocycles. The normalized spacial score (nSPS) is 17.6. The zero-order valence-corrected chi connectivity index (χ0v) is 17.3. The quantitative estimate of drug-likeness (QED) is 0.778. The average Bonchev–Trinajstić information content (AvgIpc) is 2.70. The summed E-state index contributed by atoms with van der Waals surface area (Å²) in [6.45, 7) is 7.62. The molecule has 0 bridgehead atoms. The molecule has 1 spiro atoms. The Morgan fingerprint density at radius 3 is 2.66 bits per heavy atom. The first-order valence-corrected chi connectivity index (χ1v) is 10.3. The van der Waals surface area contributed by atoms with Crippen molar-refractivity contribution in [1.29, 1.82) is 0 Å². The van der Waals surface area contributed by atoms with E-state index in [1.165, 1.54) is 0 Å². The number of benzene rings is 2. The molecule has 29 heavy (non-hydrogen) atoms. The Labute approximate surface area is 171 Å². The number of Topliss-reactive ketones (excluding diaryl/α,β-unsaturated/α-hetero) is 1. The molecule has 2 aromatic carbocycles. The summed E-state index contributed by atoms with van der Waals surface area (Å²) in [7, 11) is 0. The number of likely N-dealkylation sites (tertiary alicyclic amines) is 1. The van der Waals surface area contributed by atoms with E-state index in [2.05, 4.69) is 6.07 Å². The maximum absolute atomic E-state index is 12.9. The van der Waals surface area contributed by atoms with Crippen LogP contribution in [0.3, 0.4) is 0 Å². The van der Waals surface area contributed by atoms with Crippen molar-refractivity contribution in [2.45, 2.75) is 45.6 Å². The summed E-state index contributed by atoms with van der Waals surface area (Å²) < 4.78 is 11.9. The molecule has 2 aromatic rings. The van der Waals surface area contributed by atoms with Crippen LogP contribution in [0, 0.1) is 13.8 Å². The lowest BCUT2D eigenvalue weighted by molar-refractivity contribution is -0.00620. The van der Waals surface area contributed by atoms with Gasteiger partial charge in [-0.1, -0.05) is 12.1 Å². The van der Waals surface area contributed by atoms with Crippen molar-refractivity contribution >= 4 is 11.7 Å². The molecule has 5 heteroatoms. The lowest BCUT2D eigenvalue weighted by atomic mass is 9.81. The summed E-state index contributed by atoms with van der Waals surface area (Å²) in [5.74, 6) is 1.56. The fourth-order valence-corrected chi connectivity index (χ4v) is 4.40. The summed E-state index contributed by atoms with van der Waals surface area (Å²) in [6, 6.07) is 11.3. The lowest BCUT2D eigenvalue weighted by Gasteiger charge is -2.44. The highest BCUT2D eigenvalue weighted by Gasteiger charge is 2.44. The van der Waals surface area contributed by atoms with E-state index in [-0.39, 0.29) is 11.7 Å². The molecular formula is C24H27NO4. The summed E-state index contributed by atoms with van der Waals surface area (Å²) in [5.41, 5.74) is 2.89. The highest BCUT2D eigenvalue weighted by molar-refractivity contribution is 6.01. The topological polar surface area (TPSA) is 55.8 Å². The average molecular weight is 393 g/mol. The number of aryl methyl sites for hydroxylation is 2. The van der Waals surface area contributed by atoms with E-state index in [1.807, 2.05) is 49.9 Å². The van der Waals surface area contributed by atoms with Gasteiger partial charge in [0.2, 0.25) is 0 Å². The first-order valence-electron chi connectivity index (χ1n) is 10.3.